The Kier molecular flexibility index (Phi) is 9.61. The fraction of sp³-hybridized carbons (Fsp3) is 0.750. The zero-order chi connectivity index (χ0) is 27.7. The number of H-pyrrole nitrogens is 1. The Morgan fingerprint density at radius 2 is 1.35 bits per heavy atom. The van der Waals surface area contributed by atoms with E-state index in [9.17, 15) is 54.0 Å². The second kappa shape index (κ2) is 11.8. The molecule has 11 atom stereocenters. The van der Waals surface area contributed by atoms with E-state index in [-0.39, 0.29) is 0 Å². The van der Waals surface area contributed by atoms with E-state index in [2.05, 4.69) is 13.4 Å². The molecule has 2 aliphatic rings. The Labute approximate surface area is 206 Å². The first-order valence-corrected chi connectivity index (χ1v) is 13.4. The smallest absolute Gasteiger partial charge is 0.394 e. The molecule has 19 nitrogen and oxygen atoms in total. The minimum absolute atomic E-state index is 0.735. The normalized spacial score (nSPS) is 37.7. The molecule has 2 unspecified atom stereocenters. The number of phosphoric acid groups is 2. The first-order valence-electron chi connectivity index (χ1n) is 10.5. The molecule has 3 rings (SSSR count). The van der Waals surface area contributed by atoms with Crippen LogP contribution in [0.2, 0.25) is 0 Å². The molecule has 0 bridgehead atoms. The summed E-state index contributed by atoms with van der Waals surface area (Å²) in [6, 6.07) is 0.937. The summed E-state index contributed by atoms with van der Waals surface area (Å²) in [4.78, 5) is 44.5. The Hall–Kier alpha value is -1.38. The van der Waals surface area contributed by atoms with Gasteiger partial charge < -0.3 is 49.9 Å². The van der Waals surface area contributed by atoms with Gasteiger partial charge in [0.2, 0.25) is 0 Å². The van der Waals surface area contributed by atoms with Crippen LogP contribution in [0.4, 0.5) is 0 Å². The van der Waals surface area contributed by atoms with E-state index in [0.717, 1.165) is 16.8 Å². The van der Waals surface area contributed by atoms with Gasteiger partial charge in [-0.1, -0.05) is 0 Å². The first-order chi connectivity index (χ1) is 17.2. The molecule has 2 saturated heterocycles. The Bertz CT molecular complexity index is 1140. The highest BCUT2D eigenvalue weighted by molar-refractivity contribution is 7.61. The Balaban J connectivity index is 1.56. The number of nitrogens with zero attached hydrogens (tertiary/aromatic N) is 1. The lowest BCUT2D eigenvalue weighted by molar-refractivity contribution is -0.234. The van der Waals surface area contributed by atoms with Crippen LogP contribution < -0.4 is 11.2 Å². The lowest BCUT2D eigenvalue weighted by Gasteiger charge is -2.39. The summed E-state index contributed by atoms with van der Waals surface area (Å²) in [7, 11) is -10.8. The van der Waals surface area contributed by atoms with Gasteiger partial charge in [-0.25, -0.2) is 13.9 Å². The van der Waals surface area contributed by atoms with Crippen LogP contribution in [0.1, 0.15) is 6.23 Å². The molecule has 2 fully saturated rings. The van der Waals surface area contributed by atoms with Gasteiger partial charge in [0.25, 0.3) is 5.56 Å². The molecule has 1 aromatic rings. The molecule has 0 amide bonds. The van der Waals surface area contributed by atoms with Crippen LogP contribution >= 0.6 is 15.6 Å². The van der Waals surface area contributed by atoms with Crippen molar-refractivity contribution in [2.75, 3.05) is 19.8 Å². The van der Waals surface area contributed by atoms with Crippen LogP contribution in [0, 0.1) is 0 Å². The molecule has 1 aromatic heterocycles. The SMILES string of the molecule is O=c1ccn([C@@H]2O[C@H](COP(=O)(O)OP(=O)(O)OC[C@H]3O[C@H](CO)[C@@H](O)[C@H](O)[C@H]3O)[C@@H](O)[C@H]2O)c(=O)[nH]1. The summed E-state index contributed by atoms with van der Waals surface area (Å²) in [6.07, 6.45) is -13.9. The summed E-state index contributed by atoms with van der Waals surface area (Å²) in [5, 5.41) is 58.8. The number of aromatic nitrogens is 2. The molecule has 37 heavy (non-hydrogen) atoms. The minimum Gasteiger partial charge on any atom is -0.394 e. The molecule has 21 heteroatoms. The van der Waals surface area contributed by atoms with Crippen molar-refractivity contribution in [3.8, 4) is 0 Å². The first kappa shape index (κ1) is 30.2. The number of rotatable bonds is 10. The van der Waals surface area contributed by atoms with E-state index >= 15 is 0 Å². The van der Waals surface area contributed by atoms with Gasteiger partial charge in [0.15, 0.2) is 6.23 Å². The lowest BCUT2D eigenvalue weighted by atomic mass is 9.95. The summed E-state index contributed by atoms with van der Waals surface area (Å²) in [6.45, 7) is -2.77. The third-order valence-electron chi connectivity index (χ3n) is 5.46. The monoisotopic (exact) mass is 580 g/mol. The van der Waals surface area contributed by atoms with Crippen LogP contribution in [-0.4, -0.2) is 119 Å². The van der Waals surface area contributed by atoms with Gasteiger partial charge in [-0.05, 0) is 0 Å². The number of phosphoric ester groups is 2. The summed E-state index contributed by atoms with van der Waals surface area (Å²) in [5.41, 5.74) is -1.73. The van der Waals surface area contributed by atoms with Crippen molar-refractivity contribution < 1.29 is 72.4 Å². The standard InChI is InChI=1S/C16H26N2O17P2/c19-3-6-10(21)13(24)11(22)7(33-6)4-31-36(27,28)35-37(29,30)32-5-8-12(23)14(25)15(34-8)18-2-1-9(20)17-16(18)26/h1-2,6-8,10-15,19,21-25H,3-5H2,(H,27,28)(H,29,30)(H,17,20,26)/t6-,7-,8-,10-,11+,12-,13+,14-,15-/m1/s1. The number of nitrogens with one attached hydrogen (secondary N) is 1. The highest BCUT2D eigenvalue weighted by atomic mass is 31.3. The third-order valence-corrected chi connectivity index (χ3v) is 8.07. The fourth-order valence-electron chi connectivity index (χ4n) is 3.55. The molecule has 212 valence electrons. The van der Waals surface area contributed by atoms with Crippen LogP contribution in [-0.2, 0) is 32.0 Å². The van der Waals surface area contributed by atoms with Gasteiger partial charge in [-0.15, -0.1) is 0 Å². The van der Waals surface area contributed by atoms with Crippen molar-refractivity contribution in [2.45, 2.75) is 55.1 Å². The zero-order valence-electron chi connectivity index (χ0n) is 18.6. The van der Waals surface area contributed by atoms with Gasteiger partial charge in [0.1, 0.15) is 48.8 Å². The van der Waals surface area contributed by atoms with Crippen LogP contribution in [0.3, 0.4) is 0 Å². The number of ether oxygens (including phenoxy) is 2. The maximum atomic E-state index is 12.1. The van der Waals surface area contributed by atoms with Gasteiger partial charge in [-0.3, -0.25) is 23.4 Å². The highest BCUT2D eigenvalue weighted by Gasteiger charge is 2.47. The molecule has 9 N–H and O–H groups in total. The van der Waals surface area contributed by atoms with Crippen molar-refractivity contribution >= 4 is 15.6 Å². The number of aliphatic hydroxyl groups excluding tert-OH is 6. The summed E-state index contributed by atoms with van der Waals surface area (Å²) < 4.78 is 48.4. The predicted molar refractivity (Wildman–Crippen MR) is 114 cm³/mol. The minimum atomic E-state index is -5.41. The van der Waals surface area contributed by atoms with E-state index in [1.54, 1.807) is 0 Å². The molecular formula is C16H26N2O17P2. The fourth-order valence-corrected chi connectivity index (χ4v) is 5.64. The van der Waals surface area contributed by atoms with Crippen molar-refractivity contribution in [1.29, 1.82) is 0 Å². The molecule has 0 radical (unpaired) electrons. The number of aromatic amines is 1. The van der Waals surface area contributed by atoms with Crippen molar-refractivity contribution in [3.05, 3.63) is 33.1 Å². The Morgan fingerprint density at radius 3 is 1.89 bits per heavy atom. The van der Waals surface area contributed by atoms with Gasteiger partial charge >= 0.3 is 21.3 Å². The maximum Gasteiger partial charge on any atom is 0.481 e. The average molecular weight is 580 g/mol. The van der Waals surface area contributed by atoms with E-state index in [1.165, 1.54) is 0 Å². The van der Waals surface area contributed by atoms with Crippen LogP contribution in [0.25, 0.3) is 0 Å². The third kappa shape index (κ3) is 7.18. The van der Waals surface area contributed by atoms with Gasteiger partial charge in [-0.2, -0.15) is 4.31 Å². The number of aliphatic hydroxyl groups is 6. The second-order valence-electron chi connectivity index (χ2n) is 8.04. The molecule has 2 aliphatic heterocycles. The second-order valence-corrected chi connectivity index (χ2v) is 11.1. The molecule has 0 aliphatic carbocycles. The molecule has 0 spiro atoms. The maximum absolute atomic E-state index is 12.1. The molecule has 0 saturated carbocycles. The predicted octanol–water partition coefficient (Wildman–Crippen LogP) is -4.75. The highest BCUT2D eigenvalue weighted by Crippen LogP contribution is 2.60. The van der Waals surface area contributed by atoms with E-state index in [4.69, 9.17) is 14.6 Å². The van der Waals surface area contributed by atoms with E-state index in [1.807, 2.05) is 4.98 Å². The van der Waals surface area contributed by atoms with E-state index in [0.29, 0.717) is 0 Å². The van der Waals surface area contributed by atoms with Crippen molar-refractivity contribution in [2.24, 2.45) is 0 Å². The number of hydrogen-bond donors (Lipinski definition) is 9. The number of hydrogen-bond acceptors (Lipinski definition) is 15. The molecule has 3 heterocycles. The topological polar surface area (TPSA) is 297 Å². The molecule has 0 aromatic carbocycles. The lowest BCUT2D eigenvalue weighted by Crippen LogP contribution is -2.59. The van der Waals surface area contributed by atoms with Crippen molar-refractivity contribution in [3.63, 3.8) is 0 Å². The average Bonchev–Trinajstić information content (AvgIpc) is 3.09. The molecular weight excluding hydrogens is 554 g/mol. The summed E-state index contributed by atoms with van der Waals surface area (Å²) in [5.74, 6) is 0. The van der Waals surface area contributed by atoms with E-state index < -0.39 is 102 Å². The quantitative estimate of drug-likeness (QED) is 0.117. The zero-order valence-corrected chi connectivity index (χ0v) is 20.4. The Morgan fingerprint density at radius 1 is 0.838 bits per heavy atom. The summed E-state index contributed by atoms with van der Waals surface area (Å²) >= 11 is 0. The van der Waals surface area contributed by atoms with Gasteiger partial charge in [0.05, 0.1) is 19.8 Å². The van der Waals surface area contributed by atoms with Gasteiger partial charge in [0, 0.05) is 12.3 Å². The van der Waals surface area contributed by atoms with Crippen molar-refractivity contribution in [1.82, 2.24) is 9.55 Å². The largest absolute Gasteiger partial charge is 0.481 e. The van der Waals surface area contributed by atoms with Crippen LogP contribution in [0.15, 0.2) is 21.9 Å². The van der Waals surface area contributed by atoms with Crippen LogP contribution in [0.5, 0.6) is 0 Å².